The molecule has 0 saturated carbocycles. The Morgan fingerprint density at radius 1 is 1.00 bits per heavy atom. The van der Waals surface area contributed by atoms with Crippen molar-refractivity contribution < 1.29 is 0 Å². The van der Waals surface area contributed by atoms with Crippen LogP contribution in [0.25, 0.3) is 0 Å². The summed E-state index contributed by atoms with van der Waals surface area (Å²) in [7, 11) is 0. The number of para-hydroxylation sites is 1. The van der Waals surface area contributed by atoms with Crippen LogP contribution >= 0.6 is 11.6 Å². The second-order valence-electron chi connectivity index (χ2n) is 5.58. The molecule has 0 N–H and O–H groups in total. The fraction of sp³-hybridized carbons (Fsp3) is 0.333. The first-order chi connectivity index (χ1) is 9.74. The molecule has 0 bridgehead atoms. The number of nitrogens with zero attached hydrogens (tertiary/aromatic N) is 1. The van der Waals surface area contributed by atoms with Crippen LogP contribution < -0.4 is 4.90 Å². The van der Waals surface area contributed by atoms with E-state index in [9.17, 15) is 0 Å². The van der Waals surface area contributed by atoms with Crippen LogP contribution in [-0.4, -0.2) is 13.1 Å². The smallest absolute Gasteiger partial charge is 0.0431 e. The van der Waals surface area contributed by atoms with E-state index >= 15 is 0 Å². The van der Waals surface area contributed by atoms with E-state index < -0.39 is 0 Å². The molecule has 0 atom stereocenters. The third-order valence-corrected chi connectivity index (χ3v) is 4.30. The highest BCUT2D eigenvalue weighted by molar-refractivity contribution is 6.30. The van der Waals surface area contributed by atoms with Gasteiger partial charge in [-0.3, -0.25) is 0 Å². The number of benzene rings is 2. The first-order valence-corrected chi connectivity index (χ1v) is 7.70. The number of anilines is 1. The van der Waals surface area contributed by atoms with Gasteiger partial charge in [0.15, 0.2) is 0 Å². The molecule has 0 spiro atoms. The molecule has 0 aromatic heterocycles. The van der Waals surface area contributed by atoms with E-state index in [1.807, 2.05) is 12.1 Å². The Hall–Kier alpha value is -1.47. The van der Waals surface area contributed by atoms with Crippen LogP contribution in [-0.2, 0) is 6.42 Å². The van der Waals surface area contributed by atoms with E-state index in [1.165, 1.54) is 48.3 Å². The van der Waals surface area contributed by atoms with Crippen LogP contribution in [0.4, 0.5) is 5.69 Å². The molecule has 1 aliphatic rings. The predicted octanol–water partition coefficient (Wildman–Crippen LogP) is 4.84. The minimum absolute atomic E-state index is 0.803. The van der Waals surface area contributed by atoms with Crippen LogP contribution in [0, 0.1) is 6.92 Å². The molecule has 0 amide bonds. The summed E-state index contributed by atoms with van der Waals surface area (Å²) in [6.45, 7) is 4.61. The second kappa shape index (κ2) is 5.88. The minimum atomic E-state index is 0.803. The fourth-order valence-corrected chi connectivity index (χ4v) is 3.20. The second-order valence-corrected chi connectivity index (χ2v) is 6.02. The van der Waals surface area contributed by atoms with Crippen LogP contribution in [0.1, 0.15) is 29.5 Å². The zero-order valence-corrected chi connectivity index (χ0v) is 12.7. The van der Waals surface area contributed by atoms with Crippen molar-refractivity contribution >= 4 is 17.3 Å². The summed E-state index contributed by atoms with van der Waals surface area (Å²) in [4.78, 5) is 2.54. The van der Waals surface area contributed by atoms with Crippen LogP contribution in [0.5, 0.6) is 0 Å². The van der Waals surface area contributed by atoms with Crippen molar-refractivity contribution in [2.24, 2.45) is 0 Å². The summed E-state index contributed by atoms with van der Waals surface area (Å²) in [6, 6.07) is 14.8. The van der Waals surface area contributed by atoms with E-state index in [1.54, 1.807) is 0 Å². The summed E-state index contributed by atoms with van der Waals surface area (Å²) in [5, 5.41) is 0.803. The van der Waals surface area contributed by atoms with E-state index in [0.717, 1.165) is 11.4 Å². The van der Waals surface area contributed by atoms with Gasteiger partial charge < -0.3 is 4.90 Å². The number of aryl methyl sites for hydroxylation is 1. The van der Waals surface area contributed by atoms with Crippen LogP contribution in [0.3, 0.4) is 0 Å². The highest BCUT2D eigenvalue weighted by Crippen LogP contribution is 2.30. The molecule has 1 heterocycles. The highest BCUT2D eigenvalue weighted by atomic mass is 35.5. The summed E-state index contributed by atoms with van der Waals surface area (Å²) >= 11 is 5.97. The molecule has 1 saturated heterocycles. The van der Waals surface area contributed by atoms with Gasteiger partial charge >= 0.3 is 0 Å². The lowest BCUT2D eigenvalue weighted by atomic mass is 10.00. The largest absolute Gasteiger partial charge is 0.371 e. The van der Waals surface area contributed by atoms with Crippen molar-refractivity contribution in [1.82, 2.24) is 0 Å². The van der Waals surface area contributed by atoms with Crippen molar-refractivity contribution in [2.45, 2.75) is 26.2 Å². The standard InChI is InChI=1S/C18H20ClN/c1-14-5-4-6-16(18(14)20-11-2-3-12-20)13-15-7-9-17(19)10-8-15/h4-10H,2-3,11-13H2,1H3. The number of hydrogen-bond acceptors (Lipinski definition) is 1. The first kappa shape index (κ1) is 13.5. The topological polar surface area (TPSA) is 3.24 Å². The fourth-order valence-electron chi connectivity index (χ4n) is 3.08. The molecule has 1 nitrogen and oxygen atoms in total. The van der Waals surface area contributed by atoms with E-state index in [0.29, 0.717) is 0 Å². The molecule has 2 heteroatoms. The average Bonchev–Trinajstić information content (AvgIpc) is 2.95. The number of hydrogen-bond donors (Lipinski definition) is 0. The van der Waals surface area contributed by atoms with Gasteiger partial charge in [0.05, 0.1) is 0 Å². The Morgan fingerprint density at radius 2 is 1.70 bits per heavy atom. The Kier molecular flexibility index (Phi) is 3.98. The summed E-state index contributed by atoms with van der Waals surface area (Å²) < 4.78 is 0. The van der Waals surface area contributed by atoms with Gasteiger partial charge in [-0.05, 0) is 55.0 Å². The number of rotatable bonds is 3. The van der Waals surface area contributed by atoms with E-state index in [2.05, 4.69) is 42.2 Å². The van der Waals surface area contributed by atoms with E-state index in [4.69, 9.17) is 11.6 Å². The predicted molar refractivity (Wildman–Crippen MR) is 86.9 cm³/mol. The SMILES string of the molecule is Cc1cccc(Cc2ccc(Cl)cc2)c1N1CCCC1. The van der Waals surface area contributed by atoms with Crippen molar-refractivity contribution in [1.29, 1.82) is 0 Å². The van der Waals surface area contributed by atoms with Crippen LogP contribution in [0.2, 0.25) is 5.02 Å². The Balaban J connectivity index is 1.92. The third-order valence-electron chi connectivity index (χ3n) is 4.05. The van der Waals surface area contributed by atoms with Crippen LogP contribution in [0.15, 0.2) is 42.5 Å². The summed E-state index contributed by atoms with van der Waals surface area (Å²) in [5.41, 5.74) is 5.58. The molecule has 20 heavy (non-hydrogen) atoms. The molecule has 1 aliphatic heterocycles. The van der Waals surface area contributed by atoms with Crippen molar-refractivity contribution in [3.8, 4) is 0 Å². The molecule has 104 valence electrons. The summed E-state index contributed by atoms with van der Waals surface area (Å²) in [5.74, 6) is 0. The third kappa shape index (κ3) is 2.83. The Labute approximate surface area is 126 Å². The molecular formula is C18H20ClN. The minimum Gasteiger partial charge on any atom is -0.371 e. The van der Waals surface area contributed by atoms with Gasteiger partial charge in [-0.1, -0.05) is 41.9 Å². The van der Waals surface area contributed by atoms with Crippen molar-refractivity contribution in [2.75, 3.05) is 18.0 Å². The lowest BCUT2D eigenvalue weighted by Gasteiger charge is -2.24. The maximum Gasteiger partial charge on any atom is 0.0431 e. The van der Waals surface area contributed by atoms with Crippen molar-refractivity contribution in [3.05, 3.63) is 64.2 Å². The lowest BCUT2D eigenvalue weighted by Crippen LogP contribution is -2.20. The Morgan fingerprint density at radius 3 is 2.40 bits per heavy atom. The zero-order chi connectivity index (χ0) is 13.9. The lowest BCUT2D eigenvalue weighted by molar-refractivity contribution is 0.945. The van der Waals surface area contributed by atoms with Gasteiger partial charge in [-0.25, -0.2) is 0 Å². The molecule has 0 unspecified atom stereocenters. The Bertz CT molecular complexity index is 583. The molecular weight excluding hydrogens is 266 g/mol. The maximum atomic E-state index is 5.97. The van der Waals surface area contributed by atoms with Gasteiger partial charge in [-0.15, -0.1) is 0 Å². The summed E-state index contributed by atoms with van der Waals surface area (Å²) in [6.07, 6.45) is 3.61. The molecule has 2 aromatic carbocycles. The maximum absolute atomic E-state index is 5.97. The number of halogens is 1. The molecule has 0 aliphatic carbocycles. The molecule has 2 aromatic rings. The van der Waals surface area contributed by atoms with Gasteiger partial charge in [-0.2, -0.15) is 0 Å². The van der Waals surface area contributed by atoms with Gasteiger partial charge in [0.2, 0.25) is 0 Å². The average molecular weight is 286 g/mol. The quantitative estimate of drug-likeness (QED) is 0.780. The van der Waals surface area contributed by atoms with Gasteiger partial charge in [0.1, 0.15) is 0 Å². The monoisotopic (exact) mass is 285 g/mol. The normalized spacial score (nSPS) is 14.8. The van der Waals surface area contributed by atoms with E-state index in [-0.39, 0.29) is 0 Å². The van der Waals surface area contributed by atoms with Crippen molar-refractivity contribution in [3.63, 3.8) is 0 Å². The molecule has 3 rings (SSSR count). The highest BCUT2D eigenvalue weighted by Gasteiger charge is 2.17. The van der Waals surface area contributed by atoms with Gasteiger partial charge in [0, 0.05) is 23.8 Å². The molecule has 0 radical (unpaired) electrons. The first-order valence-electron chi connectivity index (χ1n) is 7.32. The zero-order valence-electron chi connectivity index (χ0n) is 11.9. The molecule has 1 fully saturated rings. The van der Waals surface area contributed by atoms with Gasteiger partial charge in [0.25, 0.3) is 0 Å².